The molecule has 0 amide bonds. The number of carboxylic acid groups (broad SMARTS) is 1. The van der Waals surface area contributed by atoms with Gasteiger partial charge in [-0.15, -0.1) is 0 Å². The summed E-state index contributed by atoms with van der Waals surface area (Å²) in [5.74, 6) is -0.587. The third kappa shape index (κ3) is 6.54. The van der Waals surface area contributed by atoms with Crippen LogP contribution in [0, 0.1) is 11.7 Å². The van der Waals surface area contributed by atoms with Crippen molar-refractivity contribution >= 4 is 15.8 Å². The summed E-state index contributed by atoms with van der Waals surface area (Å²) in [6.45, 7) is 3.25. The van der Waals surface area contributed by atoms with E-state index in [9.17, 15) is 18.3 Å². The standard InChI is InChI=1S/C31H35FN2O6S/c1-19(31(35)36)12-20-4-5-21-7-9-28(40-29(21)13-20)22-6-8-25(26-15-30(39-2)33-16-27(26)32)23(14-22)17-34-11-10-24(18-34)41(3,37)38/h4-6,8,13-16,19,24,28H,7,9-12,17-18H2,1-3H3,(H,35,36)/p+1/t19-,24-,28?/m0/s1. The fourth-order valence-electron chi connectivity index (χ4n) is 5.76. The van der Waals surface area contributed by atoms with Crippen molar-refractivity contribution in [1.82, 2.24) is 9.88 Å². The number of hydrogen-bond acceptors (Lipinski definition) is 6. The first-order chi connectivity index (χ1) is 19.5. The Morgan fingerprint density at radius 3 is 2.71 bits per heavy atom. The second kappa shape index (κ2) is 11.8. The van der Waals surface area contributed by atoms with Crippen molar-refractivity contribution < 1.29 is 32.2 Å². The van der Waals surface area contributed by atoms with Crippen LogP contribution in [0.1, 0.15) is 48.1 Å². The van der Waals surface area contributed by atoms with Gasteiger partial charge in [-0.2, -0.15) is 0 Å². The van der Waals surface area contributed by atoms with Crippen LogP contribution in [0.5, 0.6) is 11.6 Å². The lowest BCUT2D eigenvalue weighted by atomic mass is 9.91. The lowest BCUT2D eigenvalue weighted by molar-refractivity contribution is -0.141. The fourth-order valence-corrected chi connectivity index (χ4v) is 6.77. The average molecular weight is 584 g/mol. The number of hydrogen-bond donors (Lipinski definition) is 1. The molecule has 41 heavy (non-hydrogen) atoms. The molecule has 8 nitrogen and oxygen atoms in total. The minimum absolute atomic E-state index is 0.110. The number of carbonyl (C=O) groups is 1. The number of halogens is 1. The normalized spacial score (nSPS) is 19.8. The van der Waals surface area contributed by atoms with Gasteiger partial charge in [0.1, 0.15) is 5.82 Å². The van der Waals surface area contributed by atoms with Gasteiger partial charge in [-0.3, -0.25) is 9.69 Å². The van der Waals surface area contributed by atoms with Crippen molar-refractivity contribution in [2.45, 2.75) is 50.5 Å². The van der Waals surface area contributed by atoms with E-state index in [-0.39, 0.29) is 6.10 Å². The molecule has 3 aromatic rings. The summed E-state index contributed by atoms with van der Waals surface area (Å²) >= 11 is 0. The summed E-state index contributed by atoms with van der Waals surface area (Å²) < 4.78 is 49.7. The Bertz CT molecular complexity index is 1560. The van der Waals surface area contributed by atoms with Crippen molar-refractivity contribution in [2.75, 3.05) is 26.5 Å². The van der Waals surface area contributed by atoms with Gasteiger partial charge in [-0.1, -0.05) is 19.1 Å². The molecule has 3 atom stereocenters. The largest absolute Gasteiger partial charge is 0.577 e. The van der Waals surface area contributed by atoms with Crippen molar-refractivity contribution in [1.29, 1.82) is 0 Å². The number of sulfone groups is 1. The van der Waals surface area contributed by atoms with Crippen molar-refractivity contribution in [3.63, 3.8) is 0 Å². The minimum atomic E-state index is -3.15. The quantitative estimate of drug-likeness (QED) is 0.364. The first-order valence-electron chi connectivity index (χ1n) is 13.8. The topological polar surface area (TPSA) is 110 Å². The molecule has 1 saturated heterocycles. The maximum Gasteiger partial charge on any atom is 0.306 e. The van der Waals surface area contributed by atoms with E-state index in [1.54, 1.807) is 13.0 Å². The zero-order chi connectivity index (χ0) is 29.3. The van der Waals surface area contributed by atoms with E-state index >= 15 is 4.39 Å². The molecule has 1 fully saturated rings. The van der Waals surface area contributed by atoms with Crippen molar-refractivity contribution in [3.05, 3.63) is 76.7 Å². The fraction of sp³-hybridized carbons (Fsp3) is 0.419. The van der Waals surface area contributed by atoms with Gasteiger partial charge in [0, 0.05) is 54.6 Å². The second-order valence-electron chi connectivity index (χ2n) is 11.2. The lowest BCUT2D eigenvalue weighted by Gasteiger charge is -2.26. The minimum Gasteiger partial charge on any atom is -0.577 e. The van der Waals surface area contributed by atoms with Gasteiger partial charge in [0.05, 0.1) is 24.5 Å². The molecular formula is C31H36FN2O6S+. The van der Waals surface area contributed by atoms with Gasteiger partial charge in [-0.25, -0.2) is 17.8 Å². The predicted octanol–water partition coefficient (Wildman–Crippen LogP) is 4.71. The maximum absolute atomic E-state index is 15.0. The van der Waals surface area contributed by atoms with E-state index in [1.165, 1.54) is 13.4 Å². The maximum atomic E-state index is 15.0. The van der Waals surface area contributed by atoms with E-state index < -0.39 is 32.8 Å². The van der Waals surface area contributed by atoms with Gasteiger partial charge in [0.15, 0.2) is 9.84 Å². The molecule has 2 aliphatic heterocycles. The molecule has 2 aromatic carbocycles. The van der Waals surface area contributed by atoms with Crippen LogP contribution in [-0.2, 0) is 34.0 Å². The first kappa shape index (κ1) is 29.0. The highest BCUT2D eigenvalue weighted by Crippen LogP contribution is 2.39. The van der Waals surface area contributed by atoms with Crippen LogP contribution in [0.4, 0.5) is 4.39 Å². The number of aromatic nitrogens is 1. The van der Waals surface area contributed by atoms with Gasteiger partial charge < -0.3 is 14.6 Å². The number of ether oxygens (including phenoxy) is 2. The molecule has 0 spiro atoms. The zero-order valence-corrected chi connectivity index (χ0v) is 24.3. The number of aryl methyl sites for hydroxylation is 1. The molecule has 1 aromatic heterocycles. The third-order valence-corrected chi connectivity index (χ3v) is 9.76. The number of likely N-dealkylation sites (tertiary alicyclic amines) is 1. The lowest BCUT2D eigenvalue weighted by Crippen LogP contribution is -2.26. The number of aliphatic hydroxyl groups is 1. The van der Waals surface area contributed by atoms with E-state index in [0.717, 1.165) is 47.0 Å². The Labute approximate surface area is 240 Å². The number of nitrogens with zero attached hydrogens (tertiary/aromatic N) is 2. The summed E-state index contributed by atoms with van der Waals surface area (Å²) in [7, 11) is -1.66. The van der Waals surface area contributed by atoms with Crippen molar-refractivity contribution in [2.24, 2.45) is 5.92 Å². The van der Waals surface area contributed by atoms with Crippen LogP contribution in [0.2, 0.25) is 0 Å². The van der Waals surface area contributed by atoms with Crippen LogP contribution in [0.3, 0.4) is 0 Å². The molecule has 2 aliphatic rings. The Hall–Kier alpha value is -3.50. The number of pyridine rings is 1. The molecule has 218 valence electrons. The number of carboxylic acids is 1. The van der Waals surface area contributed by atoms with E-state index in [4.69, 9.17) is 9.47 Å². The highest BCUT2D eigenvalue weighted by atomic mass is 32.2. The third-order valence-electron chi connectivity index (χ3n) is 8.17. The van der Waals surface area contributed by atoms with Gasteiger partial charge >= 0.3 is 5.97 Å². The monoisotopic (exact) mass is 583 g/mol. The number of rotatable bonds is 9. The predicted molar refractivity (Wildman–Crippen MR) is 154 cm³/mol. The highest BCUT2D eigenvalue weighted by Gasteiger charge is 2.32. The van der Waals surface area contributed by atoms with Gasteiger partial charge in [0.2, 0.25) is 12.0 Å². The van der Waals surface area contributed by atoms with Gasteiger partial charge in [0.25, 0.3) is 5.75 Å². The van der Waals surface area contributed by atoms with E-state index in [2.05, 4.69) is 16.0 Å². The van der Waals surface area contributed by atoms with E-state index in [1.807, 2.05) is 30.3 Å². The van der Waals surface area contributed by atoms with Gasteiger partial charge in [-0.05, 0) is 60.7 Å². The molecule has 0 bridgehead atoms. The molecule has 0 saturated carbocycles. The molecular weight excluding hydrogens is 547 g/mol. The number of aliphatic carboxylic acids is 1. The SMILES string of the molecule is COc1cc(-c2ccc(C3CCc4ccc(C[C@H](C)C(=O)O)cc4[OH+]3)cc2CN2CC[C@H](S(C)(=O)=O)C2)c(F)cn1. The van der Waals surface area contributed by atoms with Crippen LogP contribution < -0.4 is 4.74 Å². The highest BCUT2D eigenvalue weighted by molar-refractivity contribution is 7.91. The molecule has 5 rings (SSSR count). The summed E-state index contributed by atoms with van der Waals surface area (Å²) in [6.07, 6.45) is 4.98. The van der Waals surface area contributed by atoms with Crippen molar-refractivity contribution in [3.8, 4) is 22.8 Å². The second-order valence-corrected chi connectivity index (χ2v) is 13.5. The number of benzene rings is 2. The summed E-state index contributed by atoms with van der Waals surface area (Å²) in [5.41, 5.74) is 5.04. The molecule has 2 N–H and O–H groups in total. The molecule has 3 heterocycles. The molecule has 0 radical (unpaired) electrons. The van der Waals surface area contributed by atoms with Crippen LogP contribution >= 0.6 is 0 Å². The van der Waals surface area contributed by atoms with E-state index in [0.29, 0.717) is 49.5 Å². The average Bonchev–Trinajstić information content (AvgIpc) is 3.42. The van der Waals surface area contributed by atoms with Crippen LogP contribution in [-0.4, -0.2) is 65.8 Å². The molecule has 0 aliphatic carbocycles. The molecule has 10 heteroatoms. The van der Waals surface area contributed by atoms with Crippen LogP contribution in [0.25, 0.3) is 11.1 Å². The number of aromatic hydroxyl groups is 1. The number of fused-ring (bicyclic) bond motifs is 1. The summed E-state index contributed by atoms with van der Waals surface area (Å²) in [5, 5.41) is 8.91. The summed E-state index contributed by atoms with van der Waals surface area (Å²) in [6, 6.07) is 13.5. The smallest absolute Gasteiger partial charge is 0.306 e. The Morgan fingerprint density at radius 1 is 1.20 bits per heavy atom. The number of methoxy groups -OCH3 is 1. The summed E-state index contributed by atoms with van der Waals surface area (Å²) in [4.78, 5) is 17.4. The molecule has 1 unspecified atom stereocenters. The zero-order valence-electron chi connectivity index (χ0n) is 23.5. The van der Waals surface area contributed by atoms with Crippen LogP contribution in [0.15, 0.2) is 48.7 Å². The Morgan fingerprint density at radius 2 is 2.00 bits per heavy atom. The Kier molecular flexibility index (Phi) is 8.33. The first-order valence-corrected chi connectivity index (χ1v) is 15.8. The Balaban J connectivity index is 1.46.